The zero-order valence-electron chi connectivity index (χ0n) is 12.6. The normalized spacial score (nSPS) is 9.54. The minimum Gasteiger partial charge on any atom is -0.479 e. The number of carbonyl (C=O) groups is 2. The van der Waals surface area contributed by atoms with E-state index in [2.05, 4.69) is 10.3 Å². The highest BCUT2D eigenvalue weighted by atomic mass is 35.5. The number of halogens is 2. The molecule has 24 heavy (non-hydrogen) atoms. The van der Waals surface area contributed by atoms with Gasteiger partial charge in [-0.15, -0.1) is 12.4 Å². The SMILES string of the molecule is Cl.O=C(COc1ccccc1F)OCCNC(=O)c1ccncc1. The zero-order valence-corrected chi connectivity index (χ0v) is 13.4. The average molecular weight is 355 g/mol. The molecule has 0 saturated carbocycles. The van der Waals surface area contributed by atoms with Gasteiger partial charge in [-0.1, -0.05) is 12.1 Å². The predicted molar refractivity (Wildman–Crippen MR) is 86.7 cm³/mol. The average Bonchev–Trinajstić information content (AvgIpc) is 2.58. The number of nitrogens with one attached hydrogen (secondary N) is 1. The summed E-state index contributed by atoms with van der Waals surface area (Å²) in [6.07, 6.45) is 3.02. The number of benzene rings is 1. The Balaban J connectivity index is 0.00000288. The summed E-state index contributed by atoms with van der Waals surface area (Å²) in [6, 6.07) is 8.91. The lowest BCUT2D eigenvalue weighted by Gasteiger charge is -2.08. The molecule has 0 fully saturated rings. The lowest BCUT2D eigenvalue weighted by molar-refractivity contribution is -0.145. The number of nitrogens with zero attached hydrogens (tertiary/aromatic N) is 1. The van der Waals surface area contributed by atoms with Crippen molar-refractivity contribution in [3.8, 4) is 5.75 Å². The summed E-state index contributed by atoms with van der Waals surface area (Å²) in [5.41, 5.74) is 0.467. The van der Waals surface area contributed by atoms with E-state index in [1.54, 1.807) is 18.2 Å². The molecular weight excluding hydrogens is 339 g/mol. The number of amides is 1. The minimum atomic E-state index is -0.647. The van der Waals surface area contributed by atoms with Crippen LogP contribution in [0.4, 0.5) is 4.39 Å². The first-order valence-electron chi connectivity index (χ1n) is 6.88. The minimum absolute atomic E-state index is 0. The molecule has 1 amide bonds. The Bertz CT molecular complexity index is 670. The van der Waals surface area contributed by atoms with Crippen molar-refractivity contribution >= 4 is 24.3 Å². The summed E-state index contributed by atoms with van der Waals surface area (Å²) in [5, 5.41) is 2.59. The number of carbonyl (C=O) groups excluding carboxylic acids is 2. The molecule has 0 atom stereocenters. The first kappa shape index (κ1) is 19.4. The van der Waals surface area contributed by atoms with Crippen molar-refractivity contribution in [1.29, 1.82) is 0 Å². The smallest absolute Gasteiger partial charge is 0.344 e. The molecule has 0 saturated heterocycles. The van der Waals surface area contributed by atoms with Gasteiger partial charge in [-0.2, -0.15) is 0 Å². The number of aromatic nitrogens is 1. The van der Waals surface area contributed by atoms with E-state index in [-0.39, 0.29) is 37.2 Å². The number of esters is 1. The Morgan fingerprint density at radius 2 is 1.83 bits per heavy atom. The molecule has 0 unspecified atom stereocenters. The standard InChI is InChI=1S/C16H15FN2O4.ClH/c17-13-3-1-2-4-14(13)23-11-15(20)22-10-9-19-16(21)12-5-7-18-8-6-12;/h1-8H,9-11H2,(H,19,21);1H. The van der Waals surface area contributed by atoms with Crippen LogP contribution in [-0.4, -0.2) is 36.6 Å². The molecule has 0 bridgehead atoms. The van der Waals surface area contributed by atoms with Crippen molar-refractivity contribution in [1.82, 2.24) is 10.3 Å². The van der Waals surface area contributed by atoms with E-state index in [1.807, 2.05) is 0 Å². The first-order valence-corrected chi connectivity index (χ1v) is 6.88. The summed E-state index contributed by atoms with van der Waals surface area (Å²) in [4.78, 5) is 27.0. The molecule has 1 aromatic carbocycles. The second-order valence-electron chi connectivity index (χ2n) is 4.43. The maximum absolute atomic E-state index is 13.3. The van der Waals surface area contributed by atoms with E-state index >= 15 is 0 Å². The molecule has 128 valence electrons. The molecule has 0 radical (unpaired) electrons. The first-order chi connectivity index (χ1) is 11.2. The van der Waals surface area contributed by atoms with Gasteiger partial charge in [0.05, 0.1) is 6.54 Å². The van der Waals surface area contributed by atoms with Gasteiger partial charge >= 0.3 is 5.97 Å². The number of ether oxygens (including phenoxy) is 2. The van der Waals surface area contributed by atoms with Crippen LogP contribution < -0.4 is 10.1 Å². The Morgan fingerprint density at radius 3 is 2.54 bits per heavy atom. The van der Waals surface area contributed by atoms with Crippen LogP contribution >= 0.6 is 12.4 Å². The van der Waals surface area contributed by atoms with Crippen molar-refractivity contribution in [3.63, 3.8) is 0 Å². The number of hydrogen-bond acceptors (Lipinski definition) is 5. The van der Waals surface area contributed by atoms with Crippen molar-refractivity contribution in [3.05, 3.63) is 60.2 Å². The van der Waals surface area contributed by atoms with E-state index in [4.69, 9.17) is 9.47 Å². The highest BCUT2D eigenvalue weighted by molar-refractivity contribution is 5.93. The van der Waals surface area contributed by atoms with Crippen LogP contribution in [0.3, 0.4) is 0 Å². The van der Waals surface area contributed by atoms with Crippen LogP contribution in [0.2, 0.25) is 0 Å². The lowest BCUT2D eigenvalue weighted by atomic mass is 10.2. The summed E-state index contributed by atoms with van der Waals surface area (Å²) in [5.74, 6) is -1.50. The van der Waals surface area contributed by atoms with Crippen LogP contribution in [0.25, 0.3) is 0 Å². The number of rotatable bonds is 7. The van der Waals surface area contributed by atoms with Crippen molar-refractivity contribution in [2.45, 2.75) is 0 Å². The summed E-state index contributed by atoms with van der Waals surface area (Å²) >= 11 is 0. The van der Waals surface area contributed by atoms with Crippen LogP contribution in [0, 0.1) is 5.82 Å². The molecule has 0 aliphatic heterocycles. The van der Waals surface area contributed by atoms with Gasteiger partial charge in [0.15, 0.2) is 18.2 Å². The number of pyridine rings is 1. The van der Waals surface area contributed by atoms with Gasteiger partial charge in [0.25, 0.3) is 5.91 Å². The van der Waals surface area contributed by atoms with Gasteiger partial charge in [-0.25, -0.2) is 9.18 Å². The largest absolute Gasteiger partial charge is 0.479 e. The van der Waals surface area contributed by atoms with Crippen LogP contribution in [0.5, 0.6) is 5.75 Å². The topological polar surface area (TPSA) is 77.5 Å². The van der Waals surface area contributed by atoms with Gasteiger partial charge in [-0.05, 0) is 24.3 Å². The third kappa shape index (κ3) is 6.21. The highest BCUT2D eigenvalue weighted by Crippen LogP contribution is 2.14. The summed E-state index contributed by atoms with van der Waals surface area (Å²) in [7, 11) is 0. The summed E-state index contributed by atoms with van der Waals surface area (Å²) < 4.78 is 23.1. The Labute approximate surface area is 144 Å². The fourth-order valence-electron chi connectivity index (χ4n) is 1.67. The third-order valence-corrected chi connectivity index (χ3v) is 2.78. The fourth-order valence-corrected chi connectivity index (χ4v) is 1.67. The monoisotopic (exact) mass is 354 g/mol. The molecule has 1 aromatic heterocycles. The summed E-state index contributed by atoms with van der Waals surface area (Å²) in [6.45, 7) is -0.248. The van der Waals surface area contributed by atoms with Crippen molar-refractivity contribution in [2.75, 3.05) is 19.8 Å². The zero-order chi connectivity index (χ0) is 16.5. The van der Waals surface area contributed by atoms with Gasteiger partial charge in [0.2, 0.25) is 0 Å². The Morgan fingerprint density at radius 1 is 1.12 bits per heavy atom. The lowest BCUT2D eigenvalue weighted by Crippen LogP contribution is -2.28. The molecule has 8 heteroatoms. The number of hydrogen-bond donors (Lipinski definition) is 1. The van der Waals surface area contributed by atoms with E-state index < -0.39 is 18.4 Å². The van der Waals surface area contributed by atoms with E-state index in [1.165, 1.54) is 30.6 Å². The molecule has 6 nitrogen and oxygen atoms in total. The molecule has 0 aliphatic carbocycles. The van der Waals surface area contributed by atoms with Gasteiger partial charge < -0.3 is 14.8 Å². The fraction of sp³-hybridized carbons (Fsp3) is 0.188. The van der Waals surface area contributed by atoms with Crippen molar-refractivity contribution in [2.24, 2.45) is 0 Å². The van der Waals surface area contributed by atoms with Gasteiger partial charge in [0, 0.05) is 18.0 Å². The van der Waals surface area contributed by atoms with Crippen LogP contribution in [0.1, 0.15) is 10.4 Å². The maximum atomic E-state index is 13.3. The second kappa shape index (κ2) is 10.2. The quantitative estimate of drug-likeness (QED) is 0.608. The van der Waals surface area contributed by atoms with E-state index in [9.17, 15) is 14.0 Å². The van der Waals surface area contributed by atoms with Gasteiger partial charge in [0.1, 0.15) is 6.61 Å². The second-order valence-corrected chi connectivity index (χ2v) is 4.43. The van der Waals surface area contributed by atoms with E-state index in [0.29, 0.717) is 5.56 Å². The van der Waals surface area contributed by atoms with Crippen molar-refractivity contribution < 1.29 is 23.5 Å². The van der Waals surface area contributed by atoms with Crippen LogP contribution in [-0.2, 0) is 9.53 Å². The molecule has 1 N–H and O–H groups in total. The molecular formula is C16H16ClFN2O4. The third-order valence-electron chi connectivity index (χ3n) is 2.78. The molecule has 0 spiro atoms. The van der Waals surface area contributed by atoms with E-state index in [0.717, 1.165) is 0 Å². The predicted octanol–water partition coefficient (Wildman–Crippen LogP) is 1.99. The Kier molecular flexibility index (Phi) is 8.21. The molecule has 2 rings (SSSR count). The molecule has 2 aromatic rings. The number of para-hydroxylation sites is 1. The van der Waals surface area contributed by atoms with Gasteiger partial charge in [-0.3, -0.25) is 9.78 Å². The maximum Gasteiger partial charge on any atom is 0.344 e. The molecule has 1 heterocycles. The van der Waals surface area contributed by atoms with Crippen LogP contribution in [0.15, 0.2) is 48.8 Å². The highest BCUT2D eigenvalue weighted by Gasteiger charge is 2.08. The Hall–Kier alpha value is -2.67. The molecule has 0 aliphatic rings.